The third-order valence-corrected chi connectivity index (χ3v) is 2.61. The Bertz CT molecular complexity index is 707. The molecule has 5 nitrogen and oxygen atoms in total. The van der Waals surface area contributed by atoms with Crippen LogP contribution in [0.15, 0.2) is 24.4 Å². The number of hydrogen-bond acceptors (Lipinski definition) is 5. The standard InChI is InChI=1S/C13H10F3N3O2/c1-21-13(20)6-2-12(18-5-10(6)17)19-11-4-8(15)7(14)3-9(11)16/h2-5H,17H2,1H3,(H,18,19). The number of anilines is 3. The van der Waals surface area contributed by atoms with Crippen LogP contribution in [-0.2, 0) is 4.74 Å². The maximum Gasteiger partial charge on any atom is 0.340 e. The lowest BCUT2D eigenvalue weighted by atomic mass is 10.2. The van der Waals surface area contributed by atoms with Crippen molar-refractivity contribution in [2.24, 2.45) is 0 Å². The summed E-state index contributed by atoms with van der Waals surface area (Å²) < 4.78 is 44.0. The van der Waals surface area contributed by atoms with Crippen molar-refractivity contribution in [1.29, 1.82) is 0 Å². The number of ether oxygens (including phenoxy) is 1. The first kappa shape index (κ1) is 14.6. The van der Waals surface area contributed by atoms with Crippen molar-refractivity contribution in [1.82, 2.24) is 4.98 Å². The molecule has 0 aliphatic heterocycles. The summed E-state index contributed by atoms with van der Waals surface area (Å²) in [7, 11) is 1.17. The lowest BCUT2D eigenvalue weighted by Gasteiger charge is -2.10. The van der Waals surface area contributed by atoms with Gasteiger partial charge in [0.2, 0.25) is 0 Å². The van der Waals surface area contributed by atoms with Crippen molar-refractivity contribution in [2.45, 2.75) is 0 Å². The minimum atomic E-state index is -1.31. The molecule has 0 amide bonds. The Balaban J connectivity index is 2.36. The molecule has 21 heavy (non-hydrogen) atoms. The molecule has 0 aliphatic rings. The van der Waals surface area contributed by atoms with Gasteiger partial charge in [0, 0.05) is 12.1 Å². The molecule has 0 saturated heterocycles. The average molecular weight is 297 g/mol. The van der Waals surface area contributed by atoms with E-state index in [-0.39, 0.29) is 22.8 Å². The molecule has 0 spiro atoms. The second-order valence-corrected chi connectivity index (χ2v) is 4.02. The van der Waals surface area contributed by atoms with Crippen LogP contribution >= 0.6 is 0 Å². The number of benzene rings is 1. The summed E-state index contributed by atoms with van der Waals surface area (Å²) in [6.45, 7) is 0. The van der Waals surface area contributed by atoms with Gasteiger partial charge < -0.3 is 15.8 Å². The van der Waals surface area contributed by atoms with Crippen molar-refractivity contribution in [3.05, 3.63) is 47.4 Å². The Morgan fingerprint density at radius 2 is 1.86 bits per heavy atom. The van der Waals surface area contributed by atoms with Crippen LogP contribution in [-0.4, -0.2) is 18.1 Å². The zero-order valence-electron chi connectivity index (χ0n) is 10.8. The SMILES string of the molecule is COC(=O)c1cc(Nc2cc(F)c(F)cc2F)ncc1N. The van der Waals surface area contributed by atoms with E-state index in [1.54, 1.807) is 0 Å². The van der Waals surface area contributed by atoms with Crippen molar-refractivity contribution in [2.75, 3.05) is 18.2 Å². The highest BCUT2D eigenvalue weighted by atomic mass is 19.2. The number of carbonyl (C=O) groups excluding carboxylic acids is 1. The van der Waals surface area contributed by atoms with E-state index in [9.17, 15) is 18.0 Å². The monoisotopic (exact) mass is 297 g/mol. The summed E-state index contributed by atoms with van der Waals surface area (Å²) in [5.41, 5.74) is 5.31. The number of halogens is 3. The zero-order valence-corrected chi connectivity index (χ0v) is 10.8. The van der Waals surface area contributed by atoms with E-state index in [2.05, 4.69) is 15.0 Å². The fourth-order valence-corrected chi connectivity index (χ4v) is 1.58. The minimum Gasteiger partial charge on any atom is -0.465 e. The number of nitrogens with two attached hydrogens (primary N) is 1. The summed E-state index contributed by atoms with van der Waals surface area (Å²) in [6, 6.07) is 2.25. The van der Waals surface area contributed by atoms with Crippen LogP contribution in [0, 0.1) is 17.5 Å². The predicted octanol–water partition coefficient (Wildman–Crippen LogP) is 2.61. The van der Waals surface area contributed by atoms with Gasteiger partial charge in [-0.25, -0.2) is 22.9 Å². The van der Waals surface area contributed by atoms with E-state index in [1.165, 1.54) is 13.2 Å². The van der Waals surface area contributed by atoms with Crippen LogP contribution in [0.2, 0.25) is 0 Å². The average Bonchev–Trinajstić information content (AvgIpc) is 2.45. The molecule has 2 rings (SSSR count). The first-order valence-corrected chi connectivity index (χ1v) is 5.67. The van der Waals surface area contributed by atoms with E-state index in [0.29, 0.717) is 12.1 Å². The highest BCUT2D eigenvalue weighted by molar-refractivity contribution is 5.95. The third kappa shape index (κ3) is 3.04. The van der Waals surface area contributed by atoms with Crippen molar-refractivity contribution >= 4 is 23.2 Å². The van der Waals surface area contributed by atoms with E-state index >= 15 is 0 Å². The molecule has 0 unspecified atom stereocenters. The van der Waals surface area contributed by atoms with E-state index in [0.717, 1.165) is 6.20 Å². The van der Waals surface area contributed by atoms with Crippen molar-refractivity contribution in [3.8, 4) is 0 Å². The Labute approximate surface area is 117 Å². The Hall–Kier alpha value is -2.77. The molecule has 1 aromatic heterocycles. The minimum absolute atomic E-state index is 0.0120. The van der Waals surface area contributed by atoms with Gasteiger partial charge >= 0.3 is 5.97 Å². The summed E-state index contributed by atoms with van der Waals surface area (Å²) >= 11 is 0. The second kappa shape index (κ2) is 5.70. The molecule has 0 fully saturated rings. The summed E-state index contributed by atoms with van der Waals surface area (Å²) in [6.07, 6.45) is 1.16. The van der Waals surface area contributed by atoms with Crippen LogP contribution in [0.3, 0.4) is 0 Å². The van der Waals surface area contributed by atoms with Crippen molar-refractivity contribution in [3.63, 3.8) is 0 Å². The highest BCUT2D eigenvalue weighted by Gasteiger charge is 2.14. The van der Waals surface area contributed by atoms with Gasteiger partial charge in [-0.2, -0.15) is 0 Å². The van der Waals surface area contributed by atoms with Crippen LogP contribution in [0.5, 0.6) is 0 Å². The van der Waals surface area contributed by atoms with E-state index in [4.69, 9.17) is 5.73 Å². The lowest BCUT2D eigenvalue weighted by Crippen LogP contribution is -2.08. The molecule has 1 heterocycles. The molecular weight excluding hydrogens is 287 g/mol. The maximum atomic E-state index is 13.5. The van der Waals surface area contributed by atoms with Crippen LogP contribution < -0.4 is 11.1 Å². The molecule has 0 aliphatic carbocycles. The molecule has 0 atom stereocenters. The number of nitrogen functional groups attached to an aromatic ring is 1. The van der Waals surface area contributed by atoms with Gasteiger partial charge in [0.05, 0.1) is 30.2 Å². The Morgan fingerprint density at radius 1 is 1.19 bits per heavy atom. The van der Waals surface area contributed by atoms with Gasteiger partial charge in [-0.3, -0.25) is 0 Å². The zero-order chi connectivity index (χ0) is 15.6. The Kier molecular flexibility index (Phi) is 3.97. The fourth-order valence-electron chi connectivity index (χ4n) is 1.58. The first-order chi connectivity index (χ1) is 9.92. The van der Waals surface area contributed by atoms with E-state index in [1.807, 2.05) is 0 Å². The molecule has 8 heteroatoms. The van der Waals surface area contributed by atoms with E-state index < -0.39 is 23.4 Å². The quantitative estimate of drug-likeness (QED) is 0.672. The smallest absolute Gasteiger partial charge is 0.340 e. The normalized spacial score (nSPS) is 10.3. The number of carbonyl (C=O) groups is 1. The van der Waals surface area contributed by atoms with Crippen molar-refractivity contribution < 1.29 is 22.7 Å². The largest absolute Gasteiger partial charge is 0.465 e. The molecule has 0 radical (unpaired) electrons. The number of aromatic nitrogens is 1. The molecule has 0 saturated carbocycles. The summed E-state index contributed by atoms with van der Waals surface area (Å²) in [5.74, 6) is -4.22. The number of pyridine rings is 1. The number of rotatable bonds is 3. The summed E-state index contributed by atoms with van der Waals surface area (Å²) in [4.78, 5) is 15.3. The lowest BCUT2D eigenvalue weighted by molar-refractivity contribution is 0.0602. The number of esters is 1. The molecule has 2 aromatic rings. The van der Waals surface area contributed by atoms with Crippen LogP contribution in [0.4, 0.5) is 30.4 Å². The van der Waals surface area contributed by atoms with Gasteiger partial charge in [0.25, 0.3) is 0 Å². The van der Waals surface area contributed by atoms with Gasteiger partial charge in [0.1, 0.15) is 11.6 Å². The van der Waals surface area contributed by atoms with Gasteiger partial charge in [0.15, 0.2) is 11.6 Å². The number of hydrogen-bond donors (Lipinski definition) is 2. The molecule has 1 aromatic carbocycles. The van der Waals surface area contributed by atoms with Gasteiger partial charge in [-0.1, -0.05) is 0 Å². The second-order valence-electron chi connectivity index (χ2n) is 4.02. The third-order valence-electron chi connectivity index (χ3n) is 2.61. The van der Waals surface area contributed by atoms with Gasteiger partial charge in [-0.05, 0) is 6.07 Å². The molecule has 3 N–H and O–H groups in total. The highest BCUT2D eigenvalue weighted by Crippen LogP contribution is 2.23. The fraction of sp³-hybridized carbons (Fsp3) is 0.0769. The number of nitrogens with zero attached hydrogens (tertiary/aromatic N) is 1. The topological polar surface area (TPSA) is 77.2 Å². The number of nitrogens with one attached hydrogen (secondary N) is 1. The van der Waals surface area contributed by atoms with Crippen LogP contribution in [0.25, 0.3) is 0 Å². The first-order valence-electron chi connectivity index (χ1n) is 5.67. The van der Waals surface area contributed by atoms with Crippen LogP contribution in [0.1, 0.15) is 10.4 Å². The molecule has 0 bridgehead atoms. The number of methoxy groups -OCH3 is 1. The summed E-state index contributed by atoms with van der Waals surface area (Å²) in [5, 5.41) is 2.43. The molecule has 110 valence electrons. The predicted molar refractivity (Wildman–Crippen MR) is 69.6 cm³/mol. The Morgan fingerprint density at radius 3 is 2.52 bits per heavy atom. The maximum absolute atomic E-state index is 13.5. The van der Waals surface area contributed by atoms with Gasteiger partial charge in [-0.15, -0.1) is 0 Å². The molecular formula is C13H10F3N3O2.